The van der Waals surface area contributed by atoms with E-state index in [0.717, 1.165) is 0 Å². The summed E-state index contributed by atoms with van der Waals surface area (Å²) in [5.74, 6) is 0.427. The number of nitrogens with one attached hydrogen (secondary N) is 2. The zero-order chi connectivity index (χ0) is 25.0. The number of hydrogen-bond acceptors (Lipinski definition) is 7. The number of fused-ring (bicyclic) bond motifs is 1. The molecular weight excluding hydrogens is 450 g/mol. The van der Waals surface area contributed by atoms with E-state index in [1.807, 2.05) is 0 Å². The molecule has 2 N–H and O–H groups in total. The molecule has 33 heavy (non-hydrogen) atoms. The summed E-state index contributed by atoms with van der Waals surface area (Å²) in [6, 6.07) is 4.82. The van der Waals surface area contributed by atoms with Crippen molar-refractivity contribution in [3.05, 3.63) is 30.1 Å². The third-order valence-corrected chi connectivity index (χ3v) is 6.45. The number of aromatic nitrogens is 2. The molecule has 11 nitrogen and oxygen atoms in total. The Morgan fingerprint density at radius 1 is 1.24 bits per heavy atom. The lowest BCUT2D eigenvalue weighted by Gasteiger charge is -2.30. The van der Waals surface area contributed by atoms with Gasteiger partial charge in [-0.2, -0.15) is 5.10 Å². The molecule has 0 atom stereocenters. The number of hydrogen-bond donors (Lipinski definition) is 2. The smallest absolute Gasteiger partial charge is 0.412 e. The first-order chi connectivity index (χ1) is 15.3. The van der Waals surface area contributed by atoms with Gasteiger partial charge in [0.05, 0.1) is 24.1 Å². The summed E-state index contributed by atoms with van der Waals surface area (Å²) < 4.78 is 40.0. The molecule has 182 valence electrons. The SMILES string of the molecule is CNC(C)=O.Cc1c(S(=O)(=O)N2CCOc3ccc(NC(=O)OC(C)(C)C)cc32)cnn1C. The van der Waals surface area contributed by atoms with Crippen LogP contribution in [0.1, 0.15) is 33.4 Å². The van der Waals surface area contributed by atoms with Crippen molar-refractivity contribution in [1.82, 2.24) is 15.1 Å². The molecule has 0 saturated carbocycles. The number of ether oxygens (including phenoxy) is 2. The maximum atomic E-state index is 13.2. The van der Waals surface area contributed by atoms with Gasteiger partial charge in [-0.3, -0.25) is 19.1 Å². The fourth-order valence-electron chi connectivity index (χ4n) is 2.79. The Kier molecular flexibility index (Phi) is 7.96. The summed E-state index contributed by atoms with van der Waals surface area (Å²) in [5.41, 5.74) is 0.648. The van der Waals surface area contributed by atoms with Crippen LogP contribution < -0.4 is 19.7 Å². The predicted octanol–water partition coefficient (Wildman–Crippen LogP) is 2.42. The number of carbonyl (C=O) groups is 2. The second-order valence-corrected chi connectivity index (χ2v) is 10.1. The average molecular weight is 482 g/mol. The van der Waals surface area contributed by atoms with Gasteiger partial charge in [0.15, 0.2) is 0 Å². The van der Waals surface area contributed by atoms with Crippen LogP contribution in [0.15, 0.2) is 29.3 Å². The minimum absolute atomic E-state index is 0.00463. The lowest BCUT2D eigenvalue weighted by atomic mass is 10.2. The molecule has 2 amide bonds. The molecular formula is C21H31N5O6S. The highest BCUT2D eigenvalue weighted by atomic mass is 32.2. The van der Waals surface area contributed by atoms with E-state index in [1.54, 1.807) is 60.0 Å². The summed E-state index contributed by atoms with van der Waals surface area (Å²) >= 11 is 0. The number of carbonyl (C=O) groups excluding carboxylic acids is 2. The molecule has 3 rings (SSSR count). The van der Waals surface area contributed by atoms with Crippen LogP contribution in [0.5, 0.6) is 5.75 Å². The maximum absolute atomic E-state index is 13.2. The van der Waals surface area contributed by atoms with Crippen LogP contribution in [0.3, 0.4) is 0 Å². The topological polar surface area (TPSA) is 132 Å². The molecule has 2 heterocycles. The van der Waals surface area contributed by atoms with Crippen LogP contribution in [-0.4, -0.2) is 56.0 Å². The molecule has 0 bridgehead atoms. The number of aryl methyl sites for hydroxylation is 1. The zero-order valence-electron chi connectivity index (χ0n) is 19.9. The summed E-state index contributed by atoms with van der Waals surface area (Å²) in [6.07, 6.45) is 0.712. The molecule has 1 aliphatic rings. The standard InChI is InChI=1S/C18H24N4O5S.C3H7NO/c1-12-16(11-19-21(12)5)28(24,25)22-8-9-26-15-7-6-13(10-14(15)22)20-17(23)27-18(2,3)4;1-3(5)4-2/h6-7,10-11H,8-9H2,1-5H3,(H,20,23);1-2H3,(H,4,5). The number of amides is 2. The summed E-state index contributed by atoms with van der Waals surface area (Å²) in [5, 5.41) is 9.04. The Hall–Kier alpha value is -3.28. The lowest BCUT2D eigenvalue weighted by molar-refractivity contribution is -0.118. The predicted molar refractivity (Wildman–Crippen MR) is 124 cm³/mol. The van der Waals surface area contributed by atoms with Gasteiger partial charge in [0.25, 0.3) is 10.0 Å². The Balaban J connectivity index is 0.000000696. The highest BCUT2D eigenvalue weighted by molar-refractivity contribution is 7.92. The number of rotatable bonds is 3. The molecule has 1 aliphatic heterocycles. The van der Waals surface area contributed by atoms with Crippen LogP contribution in [0.2, 0.25) is 0 Å². The highest BCUT2D eigenvalue weighted by Gasteiger charge is 2.33. The van der Waals surface area contributed by atoms with Crippen LogP contribution in [-0.2, 0) is 26.6 Å². The van der Waals surface area contributed by atoms with Crippen molar-refractivity contribution in [1.29, 1.82) is 0 Å². The fourth-order valence-corrected chi connectivity index (χ4v) is 4.43. The number of benzene rings is 1. The van der Waals surface area contributed by atoms with Gasteiger partial charge < -0.3 is 14.8 Å². The van der Waals surface area contributed by atoms with Crippen molar-refractivity contribution < 1.29 is 27.5 Å². The van der Waals surface area contributed by atoms with E-state index in [4.69, 9.17) is 9.47 Å². The minimum Gasteiger partial charge on any atom is -0.489 e. The van der Waals surface area contributed by atoms with Gasteiger partial charge in [0, 0.05) is 26.7 Å². The molecule has 0 unspecified atom stereocenters. The van der Waals surface area contributed by atoms with Gasteiger partial charge >= 0.3 is 6.09 Å². The summed E-state index contributed by atoms with van der Waals surface area (Å²) in [7, 11) is -0.549. The molecule has 0 radical (unpaired) electrons. The van der Waals surface area contributed by atoms with Crippen LogP contribution in [0, 0.1) is 6.92 Å². The molecule has 0 saturated heterocycles. The number of anilines is 2. The molecule has 2 aromatic rings. The van der Waals surface area contributed by atoms with Crippen LogP contribution in [0.4, 0.5) is 16.2 Å². The molecule has 0 fully saturated rings. The second-order valence-electron chi connectivity index (χ2n) is 8.26. The zero-order valence-corrected chi connectivity index (χ0v) is 20.7. The lowest BCUT2D eigenvalue weighted by Crippen LogP contribution is -2.38. The third kappa shape index (κ3) is 6.60. The van der Waals surface area contributed by atoms with Gasteiger partial charge in [-0.15, -0.1) is 0 Å². The first-order valence-electron chi connectivity index (χ1n) is 10.2. The van der Waals surface area contributed by atoms with Crippen molar-refractivity contribution in [3.63, 3.8) is 0 Å². The molecule has 0 aliphatic carbocycles. The van der Waals surface area contributed by atoms with Gasteiger partial charge in [0.2, 0.25) is 5.91 Å². The Bertz CT molecular complexity index is 1120. The van der Waals surface area contributed by atoms with E-state index in [9.17, 15) is 18.0 Å². The Labute approximate surface area is 194 Å². The normalized spacial score (nSPS) is 13.1. The number of sulfonamides is 1. The van der Waals surface area contributed by atoms with E-state index in [-0.39, 0.29) is 24.0 Å². The second kappa shape index (κ2) is 10.1. The largest absolute Gasteiger partial charge is 0.489 e. The average Bonchev–Trinajstić information content (AvgIpc) is 3.05. The van der Waals surface area contributed by atoms with Gasteiger partial charge in [-0.1, -0.05) is 0 Å². The van der Waals surface area contributed by atoms with Crippen LogP contribution in [0.25, 0.3) is 0 Å². The van der Waals surface area contributed by atoms with E-state index in [2.05, 4.69) is 15.7 Å². The summed E-state index contributed by atoms with van der Waals surface area (Å²) in [6.45, 7) is 8.83. The molecule has 0 spiro atoms. The first kappa shape index (κ1) is 26.0. The Morgan fingerprint density at radius 2 is 1.88 bits per heavy atom. The van der Waals surface area contributed by atoms with Crippen molar-refractivity contribution in [2.75, 3.05) is 29.8 Å². The van der Waals surface area contributed by atoms with E-state index in [1.165, 1.54) is 22.1 Å². The third-order valence-electron chi connectivity index (χ3n) is 4.54. The minimum atomic E-state index is -3.83. The fraction of sp³-hybridized carbons (Fsp3) is 0.476. The van der Waals surface area contributed by atoms with E-state index < -0.39 is 21.7 Å². The van der Waals surface area contributed by atoms with Crippen molar-refractivity contribution in [2.45, 2.75) is 45.1 Å². The maximum Gasteiger partial charge on any atom is 0.412 e. The summed E-state index contributed by atoms with van der Waals surface area (Å²) in [4.78, 5) is 21.9. The number of nitrogens with zero attached hydrogens (tertiary/aromatic N) is 3. The van der Waals surface area contributed by atoms with E-state index in [0.29, 0.717) is 22.8 Å². The monoisotopic (exact) mass is 481 g/mol. The first-order valence-corrected chi connectivity index (χ1v) is 11.7. The molecule has 1 aromatic heterocycles. The van der Waals surface area contributed by atoms with Crippen molar-refractivity contribution in [2.24, 2.45) is 7.05 Å². The highest BCUT2D eigenvalue weighted by Crippen LogP contribution is 2.37. The molecule has 1 aromatic carbocycles. The van der Waals surface area contributed by atoms with Gasteiger partial charge in [0.1, 0.15) is 22.9 Å². The Morgan fingerprint density at radius 3 is 2.39 bits per heavy atom. The van der Waals surface area contributed by atoms with Crippen LogP contribution >= 0.6 is 0 Å². The van der Waals surface area contributed by atoms with Gasteiger partial charge in [-0.05, 0) is 45.9 Å². The van der Waals surface area contributed by atoms with Crippen molar-refractivity contribution >= 4 is 33.4 Å². The van der Waals surface area contributed by atoms with E-state index >= 15 is 0 Å². The van der Waals surface area contributed by atoms with Crippen molar-refractivity contribution in [3.8, 4) is 5.75 Å². The molecule has 12 heteroatoms. The quantitative estimate of drug-likeness (QED) is 0.688. The van der Waals surface area contributed by atoms with Gasteiger partial charge in [-0.25, -0.2) is 13.2 Å².